The smallest absolute Gasteiger partial charge is 0.0476 e. The van der Waals surface area contributed by atoms with Crippen LogP contribution < -0.4 is 0 Å². The van der Waals surface area contributed by atoms with Crippen LogP contribution in [0.5, 0.6) is 0 Å². The van der Waals surface area contributed by atoms with Gasteiger partial charge in [-0.2, -0.15) is 23.1 Å². The third-order valence-electron chi connectivity index (χ3n) is 6.15. The standard InChI is InChI=1S/C19H32N2OS2/c1-23-11-2-7-20-8-4-19(5-9-20)6-10-21(14-18(19)15-22)13-17-3-12-24-16-17/h3,12,16,18,22H,2,4-11,13-15H2,1H3. The van der Waals surface area contributed by atoms with Crippen molar-refractivity contribution in [1.82, 2.24) is 9.80 Å². The van der Waals surface area contributed by atoms with Crippen molar-refractivity contribution in [3.8, 4) is 0 Å². The average molecular weight is 369 g/mol. The fraction of sp³-hybridized carbons (Fsp3) is 0.789. The molecule has 136 valence electrons. The number of aliphatic hydroxyl groups is 1. The van der Waals surface area contributed by atoms with Crippen LogP contribution in [0.4, 0.5) is 0 Å². The van der Waals surface area contributed by atoms with Crippen LogP contribution in [0.1, 0.15) is 31.2 Å². The molecule has 2 aliphatic heterocycles. The Bertz CT molecular complexity index is 472. The molecule has 0 aromatic carbocycles. The molecule has 2 fully saturated rings. The van der Waals surface area contributed by atoms with Gasteiger partial charge in [0, 0.05) is 25.6 Å². The maximum atomic E-state index is 10.1. The number of likely N-dealkylation sites (tertiary alicyclic amines) is 2. The molecule has 24 heavy (non-hydrogen) atoms. The molecule has 1 aromatic heterocycles. The minimum Gasteiger partial charge on any atom is -0.396 e. The summed E-state index contributed by atoms with van der Waals surface area (Å²) in [6, 6.07) is 2.23. The zero-order valence-corrected chi connectivity index (χ0v) is 16.6. The second-order valence-electron chi connectivity index (χ2n) is 7.55. The van der Waals surface area contributed by atoms with Crippen molar-refractivity contribution in [1.29, 1.82) is 0 Å². The summed E-state index contributed by atoms with van der Waals surface area (Å²) in [6.07, 6.45) is 7.33. The number of hydrogen-bond donors (Lipinski definition) is 1. The van der Waals surface area contributed by atoms with Gasteiger partial charge < -0.3 is 10.0 Å². The van der Waals surface area contributed by atoms with E-state index in [0.717, 1.165) is 13.1 Å². The molecule has 1 atom stereocenters. The number of aliphatic hydroxyl groups excluding tert-OH is 1. The zero-order valence-electron chi connectivity index (χ0n) is 15.0. The zero-order chi connectivity index (χ0) is 16.8. The Morgan fingerprint density at radius 3 is 2.62 bits per heavy atom. The van der Waals surface area contributed by atoms with Crippen molar-refractivity contribution in [2.45, 2.75) is 32.2 Å². The van der Waals surface area contributed by atoms with E-state index in [1.54, 1.807) is 11.3 Å². The van der Waals surface area contributed by atoms with Gasteiger partial charge in [-0.25, -0.2) is 0 Å². The van der Waals surface area contributed by atoms with E-state index >= 15 is 0 Å². The summed E-state index contributed by atoms with van der Waals surface area (Å²) in [6.45, 7) is 7.39. The second kappa shape index (κ2) is 9.04. The summed E-state index contributed by atoms with van der Waals surface area (Å²) in [5.74, 6) is 1.73. The van der Waals surface area contributed by atoms with E-state index in [-0.39, 0.29) is 0 Å². The Labute approximate surface area is 155 Å². The lowest BCUT2D eigenvalue weighted by molar-refractivity contribution is -0.0435. The lowest BCUT2D eigenvalue weighted by atomic mass is 9.64. The first-order valence-electron chi connectivity index (χ1n) is 9.31. The van der Waals surface area contributed by atoms with Crippen LogP contribution in [0.3, 0.4) is 0 Å². The first-order valence-corrected chi connectivity index (χ1v) is 11.6. The SMILES string of the molecule is CSCCCN1CCC2(CC1)CCN(Cc1ccsc1)CC2CO. The van der Waals surface area contributed by atoms with Gasteiger partial charge in [0.1, 0.15) is 0 Å². The highest BCUT2D eigenvalue weighted by Gasteiger charge is 2.44. The van der Waals surface area contributed by atoms with E-state index in [1.165, 1.54) is 63.2 Å². The first kappa shape index (κ1) is 18.7. The summed E-state index contributed by atoms with van der Waals surface area (Å²) in [7, 11) is 0. The summed E-state index contributed by atoms with van der Waals surface area (Å²) < 4.78 is 0. The van der Waals surface area contributed by atoms with E-state index in [9.17, 15) is 5.11 Å². The van der Waals surface area contributed by atoms with Crippen molar-refractivity contribution in [2.75, 3.05) is 51.3 Å². The highest BCUT2D eigenvalue weighted by molar-refractivity contribution is 7.98. The van der Waals surface area contributed by atoms with Gasteiger partial charge in [0.25, 0.3) is 0 Å². The van der Waals surface area contributed by atoms with E-state index in [1.807, 2.05) is 11.8 Å². The van der Waals surface area contributed by atoms with Gasteiger partial charge in [0.05, 0.1) is 0 Å². The molecular weight excluding hydrogens is 336 g/mol. The predicted molar refractivity (Wildman–Crippen MR) is 106 cm³/mol. The van der Waals surface area contributed by atoms with Crippen LogP contribution in [0.15, 0.2) is 16.8 Å². The predicted octanol–water partition coefficient (Wildman–Crippen LogP) is 3.40. The fourth-order valence-corrected chi connectivity index (χ4v) is 5.61. The maximum absolute atomic E-state index is 10.1. The molecule has 1 unspecified atom stereocenters. The van der Waals surface area contributed by atoms with Gasteiger partial charge in [0.15, 0.2) is 0 Å². The van der Waals surface area contributed by atoms with Gasteiger partial charge in [-0.05, 0) is 91.7 Å². The van der Waals surface area contributed by atoms with Crippen LogP contribution >= 0.6 is 23.1 Å². The summed E-state index contributed by atoms with van der Waals surface area (Å²) in [5, 5.41) is 14.5. The number of piperidine rings is 2. The highest BCUT2D eigenvalue weighted by atomic mass is 32.2. The van der Waals surface area contributed by atoms with E-state index < -0.39 is 0 Å². The van der Waals surface area contributed by atoms with E-state index in [0.29, 0.717) is 17.9 Å². The van der Waals surface area contributed by atoms with Gasteiger partial charge >= 0.3 is 0 Å². The molecule has 0 saturated carbocycles. The van der Waals surface area contributed by atoms with Crippen LogP contribution in [-0.4, -0.2) is 66.2 Å². The van der Waals surface area contributed by atoms with Crippen molar-refractivity contribution in [2.24, 2.45) is 11.3 Å². The van der Waals surface area contributed by atoms with Crippen LogP contribution in [0.25, 0.3) is 0 Å². The lowest BCUT2D eigenvalue weighted by Gasteiger charge is -2.51. The molecule has 1 spiro atoms. The number of thioether (sulfide) groups is 1. The van der Waals surface area contributed by atoms with Crippen LogP contribution in [-0.2, 0) is 6.54 Å². The summed E-state index contributed by atoms with van der Waals surface area (Å²) >= 11 is 3.73. The van der Waals surface area contributed by atoms with Gasteiger partial charge in [-0.15, -0.1) is 0 Å². The molecule has 0 amide bonds. The van der Waals surface area contributed by atoms with Crippen molar-refractivity contribution < 1.29 is 5.11 Å². The highest BCUT2D eigenvalue weighted by Crippen LogP contribution is 2.45. The normalized spacial score (nSPS) is 25.3. The number of rotatable bonds is 7. The molecule has 3 nitrogen and oxygen atoms in total. The molecule has 0 radical (unpaired) electrons. The molecule has 3 rings (SSSR count). The third-order valence-corrected chi connectivity index (χ3v) is 7.58. The first-order chi connectivity index (χ1) is 11.8. The third kappa shape index (κ3) is 4.55. The van der Waals surface area contributed by atoms with Gasteiger partial charge in [-0.3, -0.25) is 4.90 Å². The Balaban J connectivity index is 1.51. The average Bonchev–Trinajstić information content (AvgIpc) is 3.12. The number of thiophene rings is 1. The van der Waals surface area contributed by atoms with E-state index in [4.69, 9.17) is 0 Å². The van der Waals surface area contributed by atoms with Crippen molar-refractivity contribution in [3.05, 3.63) is 22.4 Å². The largest absolute Gasteiger partial charge is 0.396 e. The van der Waals surface area contributed by atoms with Gasteiger partial charge in [-0.1, -0.05) is 0 Å². The second-order valence-corrected chi connectivity index (χ2v) is 9.31. The molecule has 1 N–H and O–H groups in total. The minimum absolute atomic E-state index is 0.354. The molecular formula is C19H32N2OS2. The Morgan fingerprint density at radius 2 is 2.00 bits per heavy atom. The summed E-state index contributed by atoms with van der Waals surface area (Å²) in [4.78, 5) is 5.20. The molecule has 2 saturated heterocycles. The molecule has 1 aromatic rings. The topological polar surface area (TPSA) is 26.7 Å². The van der Waals surface area contributed by atoms with E-state index in [2.05, 4.69) is 32.9 Å². The Morgan fingerprint density at radius 1 is 1.25 bits per heavy atom. The molecule has 0 bridgehead atoms. The monoisotopic (exact) mass is 368 g/mol. The molecule has 5 heteroatoms. The Hall–Kier alpha value is -0.0700. The number of hydrogen-bond acceptors (Lipinski definition) is 5. The van der Waals surface area contributed by atoms with Crippen molar-refractivity contribution in [3.63, 3.8) is 0 Å². The van der Waals surface area contributed by atoms with Crippen molar-refractivity contribution >= 4 is 23.1 Å². The molecule has 3 heterocycles. The quantitative estimate of drug-likeness (QED) is 0.746. The Kier molecular flexibility index (Phi) is 7.05. The fourth-order valence-electron chi connectivity index (χ4n) is 4.53. The van der Waals surface area contributed by atoms with Crippen LogP contribution in [0.2, 0.25) is 0 Å². The minimum atomic E-state index is 0.354. The molecule has 0 aliphatic carbocycles. The van der Waals surface area contributed by atoms with Crippen LogP contribution in [0, 0.1) is 11.3 Å². The summed E-state index contributed by atoms with van der Waals surface area (Å²) in [5.41, 5.74) is 1.83. The maximum Gasteiger partial charge on any atom is 0.0476 e. The lowest BCUT2D eigenvalue weighted by Crippen LogP contribution is -2.53. The molecule has 2 aliphatic rings. The van der Waals surface area contributed by atoms with Gasteiger partial charge in [0.2, 0.25) is 0 Å². The number of nitrogens with zero attached hydrogens (tertiary/aromatic N) is 2.